The summed E-state index contributed by atoms with van der Waals surface area (Å²) in [6.07, 6.45) is -4.51. The number of alkyl halides is 3. The third-order valence-electron chi connectivity index (χ3n) is 3.31. The lowest BCUT2D eigenvalue weighted by Crippen LogP contribution is -2.51. The monoisotopic (exact) mass is 318 g/mol. The third kappa shape index (κ3) is 4.11. The number of hydrogen-bond acceptors (Lipinski definition) is 4. The van der Waals surface area contributed by atoms with Gasteiger partial charge < -0.3 is 20.1 Å². The van der Waals surface area contributed by atoms with Gasteiger partial charge in [0.05, 0.1) is 25.9 Å². The topological polar surface area (TPSA) is 59.6 Å². The van der Waals surface area contributed by atoms with Crippen LogP contribution in [0.15, 0.2) is 18.2 Å². The SMILES string of the molecule is COc1ccc(CNC(=O)C2COCCN2)c(C(F)(F)F)c1. The summed E-state index contributed by atoms with van der Waals surface area (Å²) < 4.78 is 49.1. The van der Waals surface area contributed by atoms with E-state index in [0.29, 0.717) is 13.2 Å². The zero-order valence-corrected chi connectivity index (χ0v) is 12.0. The number of benzene rings is 1. The minimum atomic E-state index is -4.51. The van der Waals surface area contributed by atoms with Gasteiger partial charge in [-0.3, -0.25) is 4.79 Å². The highest BCUT2D eigenvalue weighted by Crippen LogP contribution is 2.34. The second-order valence-electron chi connectivity index (χ2n) is 4.82. The smallest absolute Gasteiger partial charge is 0.416 e. The van der Waals surface area contributed by atoms with E-state index in [1.165, 1.54) is 19.2 Å². The zero-order chi connectivity index (χ0) is 16.2. The van der Waals surface area contributed by atoms with Gasteiger partial charge in [0.1, 0.15) is 11.8 Å². The van der Waals surface area contributed by atoms with E-state index in [-0.39, 0.29) is 30.4 Å². The summed E-state index contributed by atoms with van der Waals surface area (Å²) in [6.45, 7) is 1.05. The molecule has 5 nitrogen and oxygen atoms in total. The first-order chi connectivity index (χ1) is 10.4. The standard InChI is InChI=1S/C14H17F3N2O3/c1-21-10-3-2-9(11(6-10)14(15,16)17)7-19-13(20)12-8-22-5-4-18-12/h2-3,6,12,18H,4-5,7-8H2,1H3,(H,19,20). The molecule has 1 fully saturated rings. The van der Waals surface area contributed by atoms with Crippen LogP contribution < -0.4 is 15.4 Å². The van der Waals surface area contributed by atoms with Crippen LogP contribution >= 0.6 is 0 Å². The van der Waals surface area contributed by atoms with E-state index in [1.807, 2.05) is 0 Å². The summed E-state index contributed by atoms with van der Waals surface area (Å²) in [5, 5.41) is 5.44. The van der Waals surface area contributed by atoms with Gasteiger partial charge in [-0.2, -0.15) is 13.2 Å². The van der Waals surface area contributed by atoms with Crippen molar-refractivity contribution in [2.24, 2.45) is 0 Å². The Morgan fingerprint density at radius 1 is 1.50 bits per heavy atom. The van der Waals surface area contributed by atoms with Gasteiger partial charge in [0.25, 0.3) is 0 Å². The van der Waals surface area contributed by atoms with E-state index in [2.05, 4.69) is 10.6 Å². The van der Waals surface area contributed by atoms with E-state index in [0.717, 1.165) is 6.07 Å². The number of nitrogens with one attached hydrogen (secondary N) is 2. The number of carbonyl (C=O) groups is 1. The van der Waals surface area contributed by atoms with Crippen molar-refractivity contribution in [3.05, 3.63) is 29.3 Å². The normalized spacial score (nSPS) is 18.8. The molecule has 1 amide bonds. The van der Waals surface area contributed by atoms with Crippen LogP contribution in [0.4, 0.5) is 13.2 Å². The van der Waals surface area contributed by atoms with Crippen LogP contribution in [0.5, 0.6) is 5.75 Å². The lowest BCUT2D eigenvalue weighted by molar-refractivity contribution is -0.138. The van der Waals surface area contributed by atoms with Crippen LogP contribution in [0.3, 0.4) is 0 Å². The highest BCUT2D eigenvalue weighted by atomic mass is 19.4. The van der Waals surface area contributed by atoms with Crippen LogP contribution in [-0.4, -0.2) is 38.8 Å². The summed E-state index contributed by atoms with van der Waals surface area (Å²) in [5.41, 5.74) is -0.835. The molecule has 1 aromatic rings. The number of rotatable bonds is 4. The molecule has 1 heterocycles. The average Bonchev–Trinajstić information content (AvgIpc) is 2.52. The molecule has 1 saturated heterocycles. The molecule has 1 aromatic carbocycles. The first-order valence-electron chi connectivity index (χ1n) is 6.75. The van der Waals surface area contributed by atoms with Crippen molar-refractivity contribution in [1.29, 1.82) is 0 Å². The van der Waals surface area contributed by atoms with Crippen molar-refractivity contribution in [2.45, 2.75) is 18.8 Å². The Morgan fingerprint density at radius 3 is 2.86 bits per heavy atom. The van der Waals surface area contributed by atoms with Gasteiger partial charge in [-0.15, -0.1) is 0 Å². The van der Waals surface area contributed by atoms with Crippen molar-refractivity contribution < 1.29 is 27.4 Å². The number of hydrogen-bond donors (Lipinski definition) is 2. The summed E-state index contributed by atoms with van der Waals surface area (Å²) in [6, 6.07) is 3.11. The molecule has 0 radical (unpaired) electrons. The molecule has 0 aromatic heterocycles. The minimum Gasteiger partial charge on any atom is -0.497 e. The lowest BCUT2D eigenvalue weighted by Gasteiger charge is -2.23. The highest BCUT2D eigenvalue weighted by molar-refractivity contribution is 5.82. The second-order valence-corrected chi connectivity index (χ2v) is 4.82. The fraction of sp³-hybridized carbons (Fsp3) is 0.500. The van der Waals surface area contributed by atoms with Crippen LogP contribution in [0.2, 0.25) is 0 Å². The molecule has 122 valence electrons. The molecule has 0 aliphatic carbocycles. The molecule has 22 heavy (non-hydrogen) atoms. The van der Waals surface area contributed by atoms with Gasteiger partial charge >= 0.3 is 6.18 Å². The molecule has 0 spiro atoms. The molecule has 1 aliphatic rings. The Morgan fingerprint density at radius 2 is 2.27 bits per heavy atom. The Hall–Kier alpha value is -1.80. The summed E-state index contributed by atoms with van der Waals surface area (Å²) in [4.78, 5) is 11.9. The first-order valence-corrected chi connectivity index (χ1v) is 6.75. The molecule has 1 aliphatic heterocycles. The van der Waals surface area contributed by atoms with Crippen molar-refractivity contribution in [1.82, 2.24) is 10.6 Å². The maximum absolute atomic E-state index is 13.0. The average molecular weight is 318 g/mol. The van der Waals surface area contributed by atoms with Crippen molar-refractivity contribution >= 4 is 5.91 Å². The summed E-state index contributed by atoms with van der Waals surface area (Å²) >= 11 is 0. The van der Waals surface area contributed by atoms with Gasteiger partial charge in [0, 0.05) is 13.1 Å². The maximum Gasteiger partial charge on any atom is 0.416 e. The number of morpholine rings is 1. The van der Waals surface area contributed by atoms with Crippen LogP contribution in [0.25, 0.3) is 0 Å². The van der Waals surface area contributed by atoms with Crippen molar-refractivity contribution in [2.75, 3.05) is 26.9 Å². The van der Waals surface area contributed by atoms with Crippen LogP contribution in [0, 0.1) is 0 Å². The van der Waals surface area contributed by atoms with Gasteiger partial charge in [-0.25, -0.2) is 0 Å². The fourth-order valence-corrected chi connectivity index (χ4v) is 2.14. The predicted octanol–water partition coefficient (Wildman–Crippen LogP) is 1.32. The molecule has 1 atom stereocenters. The van der Waals surface area contributed by atoms with Gasteiger partial charge in [0.2, 0.25) is 5.91 Å². The quantitative estimate of drug-likeness (QED) is 0.879. The number of halogens is 3. The molecule has 0 saturated carbocycles. The Balaban J connectivity index is 2.07. The van der Waals surface area contributed by atoms with E-state index >= 15 is 0 Å². The first kappa shape index (κ1) is 16.6. The van der Waals surface area contributed by atoms with E-state index < -0.39 is 17.8 Å². The number of carbonyl (C=O) groups excluding carboxylic acids is 1. The Labute approximate surface area is 125 Å². The van der Waals surface area contributed by atoms with Crippen molar-refractivity contribution in [3.63, 3.8) is 0 Å². The van der Waals surface area contributed by atoms with Gasteiger partial charge in [-0.05, 0) is 17.7 Å². The van der Waals surface area contributed by atoms with Gasteiger partial charge in [-0.1, -0.05) is 6.07 Å². The molecular weight excluding hydrogens is 301 g/mol. The Bertz CT molecular complexity index is 529. The predicted molar refractivity (Wildman–Crippen MR) is 72.5 cm³/mol. The minimum absolute atomic E-state index is 0.0154. The second kappa shape index (κ2) is 6.97. The highest BCUT2D eigenvalue weighted by Gasteiger charge is 2.34. The largest absolute Gasteiger partial charge is 0.497 e. The molecule has 1 unspecified atom stereocenters. The summed E-state index contributed by atoms with van der Waals surface area (Å²) in [7, 11) is 1.30. The van der Waals surface area contributed by atoms with Crippen LogP contribution in [-0.2, 0) is 22.3 Å². The number of methoxy groups -OCH3 is 1. The number of amides is 1. The molecular formula is C14H17F3N2O3. The third-order valence-corrected chi connectivity index (χ3v) is 3.31. The fourth-order valence-electron chi connectivity index (χ4n) is 2.14. The van der Waals surface area contributed by atoms with Crippen molar-refractivity contribution in [3.8, 4) is 5.75 Å². The number of ether oxygens (including phenoxy) is 2. The molecule has 0 bridgehead atoms. The van der Waals surface area contributed by atoms with E-state index in [1.54, 1.807) is 0 Å². The van der Waals surface area contributed by atoms with E-state index in [9.17, 15) is 18.0 Å². The van der Waals surface area contributed by atoms with Crippen LogP contribution in [0.1, 0.15) is 11.1 Å². The molecule has 8 heteroatoms. The Kier molecular flexibility index (Phi) is 5.25. The molecule has 2 rings (SSSR count). The zero-order valence-electron chi connectivity index (χ0n) is 12.0. The summed E-state index contributed by atoms with van der Waals surface area (Å²) in [5.74, 6) is -0.270. The lowest BCUT2D eigenvalue weighted by atomic mass is 10.1. The maximum atomic E-state index is 13.0. The van der Waals surface area contributed by atoms with E-state index in [4.69, 9.17) is 9.47 Å². The van der Waals surface area contributed by atoms with Gasteiger partial charge in [0.15, 0.2) is 0 Å². The molecule has 2 N–H and O–H groups in total.